The first-order valence-corrected chi connectivity index (χ1v) is 11.3. The average Bonchev–Trinajstić information content (AvgIpc) is 2.68. The van der Waals surface area contributed by atoms with Gasteiger partial charge in [-0.1, -0.05) is 6.07 Å². The molecule has 1 unspecified atom stereocenters. The molecule has 3 rings (SSSR count). The quantitative estimate of drug-likeness (QED) is 0.793. The van der Waals surface area contributed by atoms with E-state index in [9.17, 15) is 13.2 Å². The summed E-state index contributed by atoms with van der Waals surface area (Å²) in [6, 6.07) is 7.02. The smallest absolute Gasteiger partial charge is 0.243 e. The number of carbonyl (C=O) groups excluding carboxylic acids is 1. The van der Waals surface area contributed by atoms with Gasteiger partial charge in [0.15, 0.2) is 0 Å². The van der Waals surface area contributed by atoms with Gasteiger partial charge in [0, 0.05) is 44.2 Å². The number of piperidine rings is 1. The van der Waals surface area contributed by atoms with E-state index in [1.807, 2.05) is 17.2 Å². The third-order valence-electron chi connectivity index (χ3n) is 4.84. The predicted molar refractivity (Wildman–Crippen MR) is 99.2 cm³/mol. The van der Waals surface area contributed by atoms with Crippen molar-refractivity contribution in [3.63, 3.8) is 0 Å². The second-order valence-electron chi connectivity index (χ2n) is 6.46. The van der Waals surface area contributed by atoms with Gasteiger partial charge >= 0.3 is 0 Å². The van der Waals surface area contributed by atoms with Crippen molar-refractivity contribution in [2.75, 3.05) is 45.5 Å². The van der Waals surface area contributed by atoms with E-state index < -0.39 is 10.0 Å². The van der Waals surface area contributed by atoms with Crippen LogP contribution in [0.5, 0.6) is 0 Å². The summed E-state index contributed by atoms with van der Waals surface area (Å²) in [5.74, 6) is -0.135. The van der Waals surface area contributed by atoms with Gasteiger partial charge < -0.3 is 10.2 Å². The number of thioether (sulfide) groups is 1. The standard InChI is InChI=1S/C17H25N3O3S2/c1-24-15-5-2-6-16(12-15)25(22,23)20-9-3-4-14(13-20)17(21)19-10-7-18-8-11-19/h2,5-6,12,14,18H,3-4,7-11,13H2,1H3. The Hall–Kier alpha value is -1.09. The first-order chi connectivity index (χ1) is 12.0. The molecule has 138 valence electrons. The Morgan fingerprint density at radius 3 is 2.72 bits per heavy atom. The van der Waals surface area contributed by atoms with Crippen LogP contribution >= 0.6 is 11.8 Å². The lowest BCUT2D eigenvalue weighted by Gasteiger charge is -2.35. The van der Waals surface area contributed by atoms with E-state index in [1.165, 1.54) is 16.1 Å². The molecule has 0 radical (unpaired) electrons. The number of piperazine rings is 1. The first kappa shape index (κ1) is 18.7. The summed E-state index contributed by atoms with van der Waals surface area (Å²) in [5, 5.41) is 3.24. The molecule has 1 N–H and O–H groups in total. The summed E-state index contributed by atoms with van der Waals surface area (Å²) in [4.78, 5) is 15.8. The van der Waals surface area contributed by atoms with Gasteiger partial charge in [-0.2, -0.15) is 4.31 Å². The molecular formula is C17H25N3O3S2. The van der Waals surface area contributed by atoms with Crippen molar-refractivity contribution in [3.05, 3.63) is 24.3 Å². The van der Waals surface area contributed by atoms with Crippen molar-refractivity contribution in [2.45, 2.75) is 22.6 Å². The highest BCUT2D eigenvalue weighted by Gasteiger charge is 2.35. The maximum atomic E-state index is 13.0. The zero-order valence-corrected chi connectivity index (χ0v) is 16.1. The minimum atomic E-state index is -3.55. The van der Waals surface area contributed by atoms with Crippen LogP contribution in [0.4, 0.5) is 0 Å². The topological polar surface area (TPSA) is 69.7 Å². The molecule has 8 heteroatoms. The molecule has 1 aromatic carbocycles. The summed E-state index contributed by atoms with van der Waals surface area (Å²) >= 11 is 1.52. The van der Waals surface area contributed by atoms with Crippen LogP contribution in [0, 0.1) is 5.92 Å². The van der Waals surface area contributed by atoms with Gasteiger partial charge in [0.25, 0.3) is 0 Å². The van der Waals surface area contributed by atoms with Gasteiger partial charge in [0.2, 0.25) is 15.9 Å². The van der Waals surface area contributed by atoms with E-state index in [0.29, 0.717) is 24.5 Å². The summed E-state index contributed by atoms with van der Waals surface area (Å²) in [6.07, 6.45) is 3.42. The molecule has 0 aliphatic carbocycles. The highest BCUT2D eigenvalue weighted by atomic mass is 32.2. The Bertz CT molecular complexity index is 718. The second kappa shape index (κ2) is 8.07. The highest BCUT2D eigenvalue weighted by molar-refractivity contribution is 7.98. The van der Waals surface area contributed by atoms with Crippen LogP contribution in [0.15, 0.2) is 34.1 Å². The maximum absolute atomic E-state index is 13.0. The first-order valence-electron chi connectivity index (χ1n) is 8.66. The molecule has 25 heavy (non-hydrogen) atoms. The number of amides is 1. The molecule has 0 saturated carbocycles. The van der Waals surface area contributed by atoms with E-state index in [-0.39, 0.29) is 18.4 Å². The maximum Gasteiger partial charge on any atom is 0.243 e. The minimum absolute atomic E-state index is 0.0965. The van der Waals surface area contributed by atoms with Gasteiger partial charge in [-0.3, -0.25) is 4.79 Å². The van der Waals surface area contributed by atoms with Crippen molar-refractivity contribution >= 4 is 27.7 Å². The molecular weight excluding hydrogens is 358 g/mol. The number of carbonyl (C=O) groups is 1. The van der Waals surface area contributed by atoms with Crippen LogP contribution in [-0.2, 0) is 14.8 Å². The van der Waals surface area contributed by atoms with E-state index in [0.717, 1.165) is 30.8 Å². The third-order valence-corrected chi connectivity index (χ3v) is 7.43. The molecule has 2 fully saturated rings. The van der Waals surface area contributed by atoms with Gasteiger partial charge in [-0.15, -0.1) is 11.8 Å². The monoisotopic (exact) mass is 383 g/mol. The van der Waals surface area contributed by atoms with E-state index >= 15 is 0 Å². The van der Waals surface area contributed by atoms with Crippen LogP contribution in [0.25, 0.3) is 0 Å². The normalized spacial score (nSPS) is 22.8. The molecule has 2 aliphatic rings. The molecule has 2 aliphatic heterocycles. The van der Waals surface area contributed by atoms with Gasteiger partial charge in [-0.05, 0) is 37.3 Å². The molecule has 1 aromatic rings. The number of nitrogens with zero attached hydrogens (tertiary/aromatic N) is 2. The Morgan fingerprint density at radius 2 is 2.00 bits per heavy atom. The van der Waals surface area contributed by atoms with Crippen LogP contribution in [-0.4, -0.2) is 69.1 Å². The molecule has 1 amide bonds. The Kier molecular flexibility index (Phi) is 6.04. The SMILES string of the molecule is CSc1cccc(S(=O)(=O)N2CCCC(C(=O)N3CCNCC3)C2)c1. The summed E-state index contributed by atoms with van der Waals surface area (Å²) in [7, 11) is -3.55. The molecule has 6 nitrogen and oxygen atoms in total. The van der Waals surface area contributed by atoms with Gasteiger partial charge in [0.1, 0.15) is 0 Å². The Morgan fingerprint density at radius 1 is 1.24 bits per heavy atom. The number of nitrogens with one attached hydrogen (secondary N) is 1. The fraction of sp³-hybridized carbons (Fsp3) is 0.588. The lowest BCUT2D eigenvalue weighted by Crippen LogP contribution is -2.51. The molecule has 0 bridgehead atoms. The number of rotatable bonds is 4. The molecule has 1 atom stereocenters. The third kappa shape index (κ3) is 4.19. The van der Waals surface area contributed by atoms with Crippen LogP contribution in [0.2, 0.25) is 0 Å². The summed E-state index contributed by atoms with van der Waals surface area (Å²) in [5.41, 5.74) is 0. The van der Waals surface area contributed by atoms with Crippen LogP contribution in [0.1, 0.15) is 12.8 Å². The van der Waals surface area contributed by atoms with Crippen molar-refractivity contribution in [3.8, 4) is 0 Å². The molecule has 0 aromatic heterocycles. The zero-order chi connectivity index (χ0) is 17.9. The number of hydrogen-bond acceptors (Lipinski definition) is 5. The fourth-order valence-electron chi connectivity index (χ4n) is 3.42. The number of hydrogen-bond donors (Lipinski definition) is 1. The van der Waals surface area contributed by atoms with Crippen molar-refractivity contribution < 1.29 is 13.2 Å². The van der Waals surface area contributed by atoms with E-state index in [1.54, 1.807) is 18.2 Å². The molecule has 2 saturated heterocycles. The number of sulfonamides is 1. The van der Waals surface area contributed by atoms with Crippen molar-refractivity contribution in [1.29, 1.82) is 0 Å². The Labute approximate surface area is 154 Å². The Balaban J connectivity index is 1.74. The minimum Gasteiger partial charge on any atom is -0.340 e. The van der Waals surface area contributed by atoms with Crippen LogP contribution in [0.3, 0.4) is 0 Å². The van der Waals surface area contributed by atoms with Gasteiger partial charge in [-0.25, -0.2) is 8.42 Å². The lowest BCUT2D eigenvalue weighted by atomic mass is 9.98. The predicted octanol–water partition coefficient (Wildman–Crippen LogP) is 1.24. The zero-order valence-electron chi connectivity index (χ0n) is 14.5. The summed E-state index contributed by atoms with van der Waals surface area (Å²) in [6.45, 7) is 3.80. The van der Waals surface area contributed by atoms with Crippen molar-refractivity contribution in [2.24, 2.45) is 5.92 Å². The number of benzene rings is 1. The largest absolute Gasteiger partial charge is 0.340 e. The fourth-order valence-corrected chi connectivity index (χ4v) is 5.52. The van der Waals surface area contributed by atoms with Crippen LogP contribution < -0.4 is 5.32 Å². The highest BCUT2D eigenvalue weighted by Crippen LogP contribution is 2.27. The molecule has 0 spiro atoms. The van der Waals surface area contributed by atoms with Gasteiger partial charge in [0.05, 0.1) is 10.8 Å². The van der Waals surface area contributed by atoms with E-state index in [4.69, 9.17) is 0 Å². The van der Waals surface area contributed by atoms with Crippen molar-refractivity contribution in [1.82, 2.24) is 14.5 Å². The lowest BCUT2D eigenvalue weighted by molar-refractivity contribution is -0.137. The average molecular weight is 384 g/mol. The summed E-state index contributed by atoms with van der Waals surface area (Å²) < 4.78 is 27.4. The second-order valence-corrected chi connectivity index (χ2v) is 9.27. The molecule has 2 heterocycles. The van der Waals surface area contributed by atoms with E-state index in [2.05, 4.69) is 5.32 Å².